The zero-order valence-electron chi connectivity index (χ0n) is 14.5. The number of aromatic nitrogens is 2. The van der Waals surface area contributed by atoms with Gasteiger partial charge in [0.2, 0.25) is 11.7 Å². The van der Waals surface area contributed by atoms with Gasteiger partial charge >= 0.3 is 12.1 Å². The molecule has 142 valence electrons. The van der Waals surface area contributed by atoms with E-state index < -0.39 is 12.1 Å². The zero-order chi connectivity index (χ0) is 19.3. The van der Waals surface area contributed by atoms with Gasteiger partial charge in [0.25, 0.3) is 0 Å². The van der Waals surface area contributed by atoms with E-state index in [9.17, 15) is 18.0 Å². The Hall–Kier alpha value is -2.42. The highest BCUT2D eigenvalue weighted by Gasteiger charge is 2.38. The minimum absolute atomic E-state index is 0.0568. The summed E-state index contributed by atoms with van der Waals surface area (Å²) in [5.74, 6) is -1.77. The first-order chi connectivity index (χ1) is 12.3. The summed E-state index contributed by atoms with van der Waals surface area (Å²) < 4.78 is 41.8. The van der Waals surface area contributed by atoms with Crippen molar-refractivity contribution in [2.75, 3.05) is 13.2 Å². The number of amides is 1. The van der Waals surface area contributed by atoms with Crippen molar-refractivity contribution in [3.63, 3.8) is 0 Å². The Bertz CT molecular complexity index is 729. The third-order valence-electron chi connectivity index (χ3n) is 3.97. The van der Waals surface area contributed by atoms with Crippen LogP contribution in [0, 0.1) is 5.92 Å². The molecule has 0 aliphatic rings. The monoisotopic (exact) mass is 371 g/mol. The van der Waals surface area contributed by atoms with Crippen molar-refractivity contribution in [2.45, 2.75) is 33.0 Å². The lowest BCUT2D eigenvalue weighted by Crippen LogP contribution is -2.36. The Kier molecular flexibility index (Phi) is 6.36. The topological polar surface area (TPSA) is 79.5 Å². The summed E-state index contributed by atoms with van der Waals surface area (Å²) in [5.41, 5.74) is 1.15. The molecule has 0 bridgehead atoms. The van der Waals surface area contributed by atoms with Gasteiger partial charge in [0.1, 0.15) is 0 Å². The van der Waals surface area contributed by atoms with Crippen molar-refractivity contribution in [1.29, 1.82) is 0 Å². The predicted octanol–water partition coefficient (Wildman–Crippen LogP) is 3.12. The molecule has 0 fully saturated rings. The lowest BCUT2D eigenvalue weighted by atomic mass is 10.1. The molecule has 2 rings (SSSR count). The van der Waals surface area contributed by atoms with Crippen molar-refractivity contribution in [1.82, 2.24) is 15.0 Å². The molecule has 0 radical (unpaired) electrons. The van der Waals surface area contributed by atoms with E-state index in [1.165, 1.54) is 0 Å². The maximum Gasteiger partial charge on any atom is 0.471 e. The maximum absolute atomic E-state index is 12.5. The fourth-order valence-electron chi connectivity index (χ4n) is 2.31. The normalized spacial score (nSPS) is 12.8. The second-order valence-electron chi connectivity index (χ2n) is 5.91. The fourth-order valence-corrected chi connectivity index (χ4v) is 2.31. The van der Waals surface area contributed by atoms with Crippen LogP contribution in [0.25, 0.3) is 11.4 Å². The van der Waals surface area contributed by atoms with Gasteiger partial charge in [0.05, 0.1) is 6.61 Å². The van der Waals surface area contributed by atoms with Gasteiger partial charge in [-0.3, -0.25) is 4.79 Å². The molecule has 1 aromatic heterocycles. The third-order valence-corrected chi connectivity index (χ3v) is 3.97. The van der Waals surface area contributed by atoms with Gasteiger partial charge < -0.3 is 14.5 Å². The number of carbonyl (C=O) groups excluding carboxylic acids is 1. The molecule has 0 saturated heterocycles. The molecule has 1 unspecified atom stereocenters. The molecule has 0 aliphatic carbocycles. The molecule has 1 heterocycles. The van der Waals surface area contributed by atoms with E-state index in [-0.39, 0.29) is 30.8 Å². The van der Waals surface area contributed by atoms with Gasteiger partial charge in [0.15, 0.2) is 0 Å². The number of benzene rings is 1. The predicted molar refractivity (Wildman–Crippen MR) is 86.7 cm³/mol. The molecule has 6 nitrogen and oxygen atoms in total. The molecular weight excluding hydrogens is 351 g/mol. The number of rotatable bonds is 7. The Labute approximate surface area is 148 Å². The summed E-state index contributed by atoms with van der Waals surface area (Å²) in [6.07, 6.45) is -3.99. The van der Waals surface area contributed by atoms with Crippen molar-refractivity contribution in [3.05, 3.63) is 35.7 Å². The average Bonchev–Trinajstić information content (AvgIpc) is 3.11. The Balaban J connectivity index is 2.13. The molecule has 0 saturated carbocycles. The van der Waals surface area contributed by atoms with Gasteiger partial charge in [-0.05, 0) is 12.0 Å². The minimum Gasteiger partial charge on any atom is -0.395 e. The van der Waals surface area contributed by atoms with Crippen LogP contribution in [0.1, 0.15) is 31.7 Å². The van der Waals surface area contributed by atoms with Crippen LogP contribution in [0.15, 0.2) is 28.8 Å². The quantitative estimate of drug-likeness (QED) is 0.809. The maximum atomic E-state index is 12.5. The molecule has 0 aliphatic heterocycles. The van der Waals surface area contributed by atoms with E-state index in [1.54, 1.807) is 29.2 Å². The van der Waals surface area contributed by atoms with Crippen LogP contribution in [0.2, 0.25) is 0 Å². The van der Waals surface area contributed by atoms with Gasteiger partial charge in [-0.15, -0.1) is 0 Å². The molecule has 0 spiro atoms. The van der Waals surface area contributed by atoms with Crippen LogP contribution < -0.4 is 0 Å². The van der Waals surface area contributed by atoms with E-state index in [1.807, 2.05) is 13.8 Å². The highest BCUT2D eigenvalue weighted by Crippen LogP contribution is 2.29. The summed E-state index contributed by atoms with van der Waals surface area (Å²) in [7, 11) is 0. The van der Waals surface area contributed by atoms with Crippen LogP contribution >= 0.6 is 0 Å². The minimum atomic E-state index is -4.69. The highest BCUT2D eigenvalue weighted by atomic mass is 19.4. The number of halogens is 3. The average molecular weight is 371 g/mol. The molecule has 26 heavy (non-hydrogen) atoms. The van der Waals surface area contributed by atoms with E-state index >= 15 is 0 Å². The standard InChI is InChI=1S/C17H20F3N3O3/c1-3-11(2)15(25)23(8-9-24)10-12-4-6-13(7-5-12)14-21-16(26-22-14)17(18,19)20/h4-7,11,24H,3,8-10H2,1-2H3. The lowest BCUT2D eigenvalue weighted by Gasteiger charge is -2.25. The number of alkyl halides is 3. The van der Waals surface area contributed by atoms with Crippen LogP contribution in [0.4, 0.5) is 13.2 Å². The number of hydrogen-bond donors (Lipinski definition) is 1. The van der Waals surface area contributed by atoms with Gasteiger partial charge in [-0.2, -0.15) is 18.2 Å². The Morgan fingerprint density at radius 1 is 1.31 bits per heavy atom. The number of hydrogen-bond acceptors (Lipinski definition) is 5. The Morgan fingerprint density at radius 3 is 2.46 bits per heavy atom. The SMILES string of the molecule is CCC(C)C(=O)N(CCO)Cc1ccc(-c2noc(C(F)(F)F)n2)cc1. The third kappa shape index (κ3) is 4.81. The lowest BCUT2D eigenvalue weighted by molar-refractivity contribution is -0.159. The first kappa shape index (κ1) is 19.9. The smallest absolute Gasteiger partial charge is 0.395 e. The molecule has 2 aromatic rings. The van der Waals surface area contributed by atoms with Crippen LogP contribution in [0.5, 0.6) is 0 Å². The highest BCUT2D eigenvalue weighted by molar-refractivity contribution is 5.78. The molecule has 1 aromatic carbocycles. The van der Waals surface area contributed by atoms with Crippen molar-refractivity contribution in [2.24, 2.45) is 5.92 Å². The van der Waals surface area contributed by atoms with Crippen molar-refractivity contribution < 1.29 is 27.6 Å². The second-order valence-corrected chi connectivity index (χ2v) is 5.91. The summed E-state index contributed by atoms with van der Waals surface area (Å²) in [5, 5.41) is 12.5. The zero-order valence-corrected chi connectivity index (χ0v) is 14.5. The summed E-state index contributed by atoms with van der Waals surface area (Å²) in [6.45, 7) is 4.09. The molecular formula is C17H20F3N3O3. The van der Waals surface area contributed by atoms with E-state index in [0.717, 1.165) is 5.56 Å². The first-order valence-electron chi connectivity index (χ1n) is 8.16. The number of nitrogens with zero attached hydrogens (tertiary/aromatic N) is 3. The van der Waals surface area contributed by atoms with Crippen molar-refractivity contribution in [3.8, 4) is 11.4 Å². The summed E-state index contributed by atoms with van der Waals surface area (Å²) >= 11 is 0. The molecule has 9 heteroatoms. The van der Waals surface area contributed by atoms with Gasteiger partial charge in [-0.1, -0.05) is 43.3 Å². The number of aliphatic hydroxyl groups is 1. The number of aliphatic hydroxyl groups excluding tert-OH is 1. The summed E-state index contributed by atoms with van der Waals surface area (Å²) in [4.78, 5) is 17.2. The van der Waals surface area contributed by atoms with E-state index in [0.29, 0.717) is 18.5 Å². The van der Waals surface area contributed by atoms with Crippen LogP contribution in [-0.4, -0.2) is 39.2 Å². The Morgan fingerprint density at radius 2 is 1.96 bits per heavy atom. The van der Waals surface area contributed by atoms with Gasteiger partial charge in [-0.25, -0.2) is 0 Å². The molecule has 1 atom stereocenters. The van der Waals surface area contributed by atoms with Gasteiger partial charge in [0, 0.05) is 24.6 Å². The van der Waals surface area contributed by atoms with Crippen LogP contribution in [0.3, 0.4) is 0 Å². The van der Waals surface area contributed by atoms with Crippen LogP contribution in [-0.2, 0) is 17.5 Å². The second kappa shape index (κ2) is 8.31. The summed E-state index contributed by atoms with van der Waals surface area (Å²) in [6, 6.07) is 6.47. The first-order valence-corrected chi connectivity index (χ1v) is 8.16. The van der Waals surface area contributed by atoms with Crippen molar-refractivity contribution >= 4 is 5.91 Å². The van der Waals surface area contributed by atoms with E-state index in [2.05, 4.69) is 14.7 Å². The fraction of sp³-hybridized carbons (Fsp3) is 0.471. The largest absolute Gasteiger partial charge is 0.471 e. The number of carbonyl (C=O) groups is 1. The van der Waals surface area contributed by atoms with E-state index in [4.69, 9.17) is 5.11 Å². The molecule has 1 N–H and O–H groups in total. The molecule has 1 amide bonds.